The van der Waals surface area contributed by atoms with Gasteiger partial charge in [-0.25, -0.2) is 14.6 Å². The molecule has 0 fully saturated rings. The Kier molecular flexibility index (Phi) is 6.11. The number of rotatable bonds is 5. The number of hydrogen-bond donors (Lipinski definition) is 2. The third-order valence-electron chi connectivity index (χ3n) is 4.37. The quantitative estimate of drug-likeness (QED) is 0.597. The van der Waals surface area contributed by atoms with Crippen molar-refractivity contribution in [2.45, 2.75) is 64.8 Å². The fraction of sp³-hybridized carbons (Fsp3) is 0.667. The van der Waals surface area contributed by atoms with E-state index in [4.69, 9.17) is 9.72 Å². The zero-order valence-electron chi connectivity index (χ0n) is 16.7. The van der Waals surface area contributed by atoms with Gasteiger partial charge in [-0.15, -0.1) is 11.3 Å². The summed E-state index contributed by atoms with van der Waals surface area (Å²) in [6, 6.07) is 0.265. The normalized spacial score (nSPS) is 17.7. The minimum absolute atomic E-state index is 0.0854. The van der Waals surface area contributed by atoms with E-state index in [0.717, 1.165) is 47.7 Å². The van der Waals surface area contributed by atoms with Crippen LogP contribution in [0.1, 0.15) is 49.5 Å². The van der Waals surface area contributed by atoms with Crippen molar-refractivity contribution in [2.24, 2.45) is 4.99 Å². The monoisotopic (exact) mass is 391 g/mol. The van der Waals surface area contributed by atoms with Crippen LogP contribution in [0.25, 0.3) is 0 Å². The number of aromatic nitrogens is 4. The van der Waals surface area contributed by atoms with E-state index in [1.165, 1.54) is 0 Å². The maximum Gasteiger partial charge on any atom is 0.191 e. The average Bonchev–Trinajstić information content (AvgIpc) is 3.24. The average molecular weight is 392 g/mol. The van der Waals surface area contributed by atoms with Gasteiger partial charge in [0.15, 0.2) is 11.8 Å². The van der Waals surface area contributed by atoms with E-state index in [1.54, 1.807) is 25.5 Å². The van der Waals surface area contributed by atoms with Crippen molar-refractivity contribution >= 4 is 17.3 Å². The summed E-state index contributed by atoms with van der Waals surface area (Å²) in [6.07, 6.45) is 1.89. The molecule has 9 heteroatoms. The smallest absolute Gasteiger partial charge is 0.191 e. The molecule has 27 heavy (non-hydrogen) atoms. The molecule has 1 unspecified atom stereocenters. The number of fused-ring (bicyclic) bond motifs is 1. The maximum atomic E-state index is 5.12. The number of methoxy groups -OCH3 is 1. The van der Waals surface area contributed by atoms with E-state index < -0.39 is 0 Å². The molecule has 0 saturated heterocycles. The number of hydrogen-bond acceptors (Lipinski definition) is 6. The summed E-state index contributed by atoms with van der Waals surface area (Å²) in [5.41, 5.74) is 1.13. The van der Waals surface area contributed by atoms with Crippen molar-refractivity contribution in [2.75, 3.05) is 14.2 Å². The second-order valence-corrected chi connectivity index (χ2v) is 8.62. The van der Waals surface area contributed by atoms with E-state index in [-0.39, 0.29) is 11.5 Å². The highest BCUT2D eigenvalue weighted by Gasteiger charge is 2.22. The van der Waals surface area contributed by atoms with Crippen molar-refractivity contribution in [3.8, 4) is 0 Å². The van der Waals surface area contributed by atoms with Crippen LogP contribution in [-0.4, -0.2) is 45.9 Å². The molecular formula is C18H29N7OS. The molecule has 0 amide bonds. The maximum absolute atomic E-state index is 5.12. The number of nitrogens with zero attached hydrogens (tertiary/aromatic N) is 5. The van der Waals surface area contributed by atoms with Gasteiger partial charge in [-0.3, -0.25) is 4.99 Å². The van der Waals surface area contributed by atoms with Crippen molar-refractivity contribution in [1.82, 2.24) is 30.4 Å². The lowest BCUT2D eigenvalue weighted by molar-refractivity contribution is 0.177. The van der Waals surface area contributed by atoms with E-state index in [9.17, 15) is 0 Å². The van der Waals surface area contributed by atoms with Gasteiger partial charge in [0.05, 0.1) is 23.8 Å². The van der Waals surface area contributed by atoms with Crippen LogP contribution in [0.15, 0.2) is 10.4 Å². The SMILES string of the molecule is CN=C(NCc1csc(C(C)(C)C)n1)NC1CCc2nc(COC)nn2C1. The van der Waals surface area contributed by atoms with Gasteiger partial charge in [0.25, 0.3) is 0 Å². The van der Waals surface area contributed by atoms with Crippen molar-refractivity contribution in [3.05, 3.63) is 27.7 Å². The number of nitrogens with one attached hydrogen (secondary N) is 2. The Bertz CT molecular complexity index is 790. The van der Waals surface area contributed by atoms with Crippen LogP contribution in [0.5, 0.6) is 0 Å². The van der Waals surface area contributed by atoms with Crippen LogP contribution >= 0.6 is 11.3 Å². The molecule has 0 aliphatic carbocycles. The lowest BCUT2D eigenvalue weighted by Crippen LogP contribution is -2.46. The Hall–Kier alpha value is -2.00. The zero-order valence-corrected chi connectivity index (χ0v) is 17.6. The molecule has 0 saturated carbocycles. The van der Waals surface area contributed by atoms with E-state index in [1.807, 2.05) is 4.68 Å². The molecule has 3 rings (SSSR count). The Morgan fingerprint density at radius 3 is 2.89 bits per heavy atom. The van der Waals surface area contributed by atoms with Crippen LogP contribution < -0.4 is 10.6 Å². The van der Waals surface area contributed by atoms with Crippen molar-refractivity contribution in [3.63, 3.8) is 0 Å². The minimum Gasteiger partial charge on any atom is -0.377 e. The first-order valence-corrected chi connectivity index (χ1v) is 10.1. The van der Waals surface area contributed by atoms with Crippen molar-refractivity contribution < 1.29 is 4.74 Å². The van der Waals surface area contributed by atoms with Crippen LogP contribution in [0, 0.1) is 0 Å². The number of thiazole rings is 1. The van der Waals surface area contributed by atoms with Crippen LogP contribution in [0.2, 0.25) is 0 Å². The molecule has 1 aliphatic rings. The molecule has 8 nitrogen and oxygen atoms in total. The molecule has 2 N–H and O–H groups in total. The summed E-state index contributed by atoms with van der Waals surface area (Å²) in [5.74, 6) is 2.56. The molecular weight excluding hydrogens is 362 g/mol. The highest BCUT2D eigenvalue weighted by atomic mass is 32.1. The summed E-state index contributed by atoms with van der Waals surface area (Å²) in [4.78, 5) is 13.6. The lowest BCUT2D eigenvalue weighted by atomic mass is 9.98. The third kappa shape index (κ3) is 5.04. The molecule has 148 valence electrons. The first-order chi connectivity index (χ1) is 12.9. The summed E-state index contributed by atoms with van der Waals surface area (Å²) in [7, 11) is 3.45. The van der Waals surface area contributed by atoms with Gasteiger partial charge >= 0.3 is 0 Å². The summed E-state index contributed by atoms with van der Waals surface area (Å²) >= 11 is 1.71. The molecule has 0 radical (unpaired) electrons. The lowest BCUT2D eigenvalue weighted by Gasteiger charge is -2.25. The van der Waals surface area contributed by atoms with E-state index >= 15 is 0 Å². The Balaban J connectivity index is 1.54. The summed E-state index contributed by atoms with van der Waals surface area (Å²) in [5, 5.41) is 14.6. The molecule has 0 spiro atoms. The molecule has 2 aromatic heterocycles. The highest BCUT2D eigenvalue weighted by Crippen LogP contribution is 2.25. The van der Waals surface area contributed by atoms with E-state index in [0.29, 0.717) is 13.2 Å². The predicted molar refractivity (Wildman–Crippen MR) is 107 cm³/mol. The topological polar surface area (TPSA) is 89.2 Å². The number of aryl methyl sites for hydroxylation is 1. The summed E-state index contributed by atoms with van der Waals surface area (Å²) in [6.45, 7) is 8.43. The molecule has 0 bridgehead atoms. The largest absolute Gasteiger partial charge is 0.377 e. The standard InChI is InChI=1S/C18H29N7OS/c1-18(2,3)16-21-13(11-27-16)8-20-17(19-4)22-12-6-7-15-23-14(10-26-5)24-25(15)9-12/h11-12H,6-10H2,1-5H3,(H2,19,20,22). The van der Waals surface area contributed by atoms with Gasteiger partial charge in [-0.2, -0.15) is 5.10 Å². The predicted octanol–water partition coefficient (Wildman–Crippen LogP) is 1.86. The second kappa shape index (κ2) is 8.35. The Morgan fingerprint density at radius 2 is 2.22 bits per heavy atom. The van der Waals surface area contributed by atoms with Crippen LogP contribution in [0.3, 0.4) is 0 Å². The van der Waals surface area contributed by atoms with Gasteiger partial charge in [-0.05, 0) is 6.42 Å². The highest BCUT2D eigenvalue weighted by molar-refractivity contribution is 7.09. The molecule has 2 aromatic rings. The Morgan fingerprint density at radius 1 is 1.41 bits per heavy atom. The van der Waals surface area contributed by atoms with Crippen LogP contribution in [-0.2, 0) is 36.3 Å². The van der Waals surface area contributed by atoms with Gasteiger partial charge in [0.2, 0.25) is 0 Å². The number of guanidine groups is 1. The molecule has 1 atom stereocenters. The first-order valence-electron chi connectivity index (χ1n) is 9.22. The minimum atomic E-state index is 0.0854. The second-order valence-electron chi connectivity index (χ2n) is 7.76. The van der Waals surface area contributed by atoms with E-state index in [2.05, 4.69) is 51.9 Å². The fourth-order valence-corrected chi connectivity index (χ4v) is 3.87. The first kappa shape index (κ1) is 19.8. The molecule has 0 aromatic carbocycles. The Labute approximate surface area is 164 Å². The molecule has 1 aliphatic heterocycles. The molecule has 3 heterocycles. The number of ether oxygens (including phenoxy) is 1. The van der Waals surface area contributed by atoms with Gasteiger partial charge in [0.1, 0.15) is 12.4 Å². The van der Waals surface area contributed by atoms with Crippen LogP contribution in [0.4, 0.5) is 0 Å². The zero-order chi connectivity index (χ0) is 19.4. The summed E-state index contributed by atoms with van der Waals surface area (Å²) < 4.78 is 7.09. The third-order valence-corrected chi connectivity index (χ3v) is 5.69. The fourth-order valence-electron chi connectivity index (χ4n) is 2.96. The van der Waals surface area contributed by atoms with Gasteiger partial charge < -0.3 is 15.4 Å². The van der Waals surface area contributed by atoms with Gasteiger partial charge in [0, 0.05) is 37.4 Å². The number of aliphatic imine (C=N–C) groups is 1. The van der Waals surface area contributed by atoms with Crippen molar-refractivity contribution in [1.29, 1.82) is 0 Å². The van der Waals surface area contributed by atoms with Gasteiger partial charge in [-0.1, -0.05) is 20.8 Å².